The number of nitrogens with zero attached hydrogens (tertiary/aromatic N) is 2. The van der Waals surface area contributed by atoms with Gasteiger partial charge in [-0.25, -0.2) is 0 Å². The van der Waals surface area contributed by atoms with Crippen molar-refractivity contribution in [2.45, 2.75) is 32.2 Å². The van der Waals surface area contributed by atoms with Crippen molar-refractivity contribution in [2.75, 3.05) is 5.75 Å². The molecule has 3 aromatic rings. The lowest BCUT2D eigenvalue weighted by Gasteiger charge is -2.34. The van der Waals surface area contributed by atoms with Crippen molar-refractivity contribution in [1.82, 2.24) is 14.9 Å². The van der Waals surface area contributed by atoms with Gasteiger partial charge in [0.25, 0.3) is 0 Å². The third-order valence-electron chi connectivity index (χ3n) is 5.00. The van der Waals surface area contributed by atoms with Crippen molar-refractivity contribution in [1.29, 1.82) is 0 Å². The Morgan fingerprint density at radius 1 is 1.18 bits per heavy atom. The first-order chi connectivity index (χ1) is 13.4. The van der Waals surface area contributed by atoms with Gasteiger partial charge in [0, 0.05) is 51.8 Å². The highest BCUT2D eigenvalue weighted by Crippen LogP contribution is 2.44. The molecule has 0 aliphatic carbocycles. The van der Waals surface area contributed by atoms with Gasteiger partial charge in [-0.15, -0.1) is 11.8 Å². The molecule has 3 heterocycles. The van der Waals surface area contributed by atoms with Crippen molar-refractivity contribution >= 4 is 34.4 Å². The molecule has 6 heteroatoms. The molecule has 1 fully saturated rings. The second-order valence-corrected chi connectivity index (χ2v) is 9.18. The van der Waals surface area contributed by atoms with Crippen molar-refractivity contribution in [3.8, 4) is 0 Å². The number of pyridine rings is 1. The van der Waals surface area contributed by atoms with E-state index in [0.717, 1.165) is 16.5 Å². The first-order valence-electron chi connectivity index (χ1n) is 9.32. The molecule has 1 aliphatic heterocycles. The lowest BCUT2D eigenvalue weighted by atomic mass is 9.92. The molecule has 1 amide bonds. The highest BCUT2D eigenvalue weighted by molar-refractivity contribution is 7.99. The summed E-state index contributed by atoms with van der Waals surface area (Å²) in [5, 5.41) is 0.685. The van der Waals surface area contributed by atoms with Gasteiger partial charge in [-0.1, -0.05) is 45.0 Å². The molecule has 0 radical (unpaired) electrons. The Hall–Kier alpha value is -2.60. The number of aromatic nitrogens is 2. The van der Waals surface area contributed by atoms with Gasteiger partial charge >= 0.3 is 0 Å². The lowest BCUT2D eigenvalue weighted by molar-refractivity contribution is -0.141. The quantitative estimate of drug-likeness (QED) is 0.668. The molecule has 1 aromatic carbocycles. The predicted molar refractivity (Wildman–Crippen MR) is 112 cm³/mol. The summed E-state index contributed by atoms with van der Waals surface area (Å²) in [5.74, 6) is 0.526. The molecule has 0 spiro atoms. The van der Waals surface area contributed by atoms with E-state index >= 15 is 0 Å². The van der Waals surface area contributed by atoms with Crippen LogP contribution >= 0.6 is 11.8 Å². The number of ketones is 1. The minimum atomic E-state index is -0.579. The number of carbonyl (C=O) groups is 2. The highest BCUT2D eigenvalue weighted by Gasteiger charge is 2.45. The van der Waals surface area contributed by atoms with Gasteiger partial charge in [-0.3, -0.25) is 14.6 Å². The molecule has 144 valence electrons. The second-order valence-electron chi connectivity index (χ2n) is 8.06. The number of para-hydroxylation sites is 1. The van der Waals surface area contributed by atoms with Crippen LogP contribution in [0.4, 0.5) is 0 Å². The van der Waals surface area contributed by atoms with Crippen LogP contribution in [-0.2, 0) is 4.79 Å². The fourth-order valence-corrected chi connectivity index (χ4v) is 4.99. The zero-order chi connectivity index (χ0) is 19.9. The Bertz CT molecular complexity index is 1020. The van der Waals surface area contributed by atoms with Crippen LogP contribution in [0.5, 0.6) is 0 Å². The number of Topliss-reactive ketones (excluding diaryl/α,β-unsaturated/α-hetero) is 1. The summed E-state index contributed by atoms with van der Waals surface area (Å²) in [6, 6.07) is 11.1. The van der Waals surface area contributed by atoms with Crippen LogP contribution in [0.25, 0.3) is 10.9 Å². The topological polar surface area (TPSA) is 66.1 Å². The fraction of sp³-hybridized carbons (Fsp3) is 0.318. The van der Waals surface area contributed by atoms with Crippen molar-refractivity contribution in [3.63, 3.8) is 0 Å². The first-order valence-corrected chi connectivity index (χ1v) is 10.4. The van der Waals surface area contributed by atoms with E-state index in [1.54, 1.807) is 35.3 Å². The molecule has 0 saturated carbocycles. The number of hydrogen-bond acceptors (Lipinski definition) is 4. The normalized spacial score (nSPS) is 19.9. The van der Waals surface area contributed by atoms with Gasteiger partial charge < -0.3 is 9.88 Å². The molecule has 2 unspecified atom stereocenters. The Morgan fingerprint density at radius 3 is 2.68 bits per heavy atom. The standard InChI is InChI=1S/C22H23N3O2S/c1-22(2,3)21(27)25-18(13-28-20(25)14-7-6-10-23-11-14)19(26)16-12-24-17-9-5-4-8-15(16)17/h4-12,18,20,24H,13H2,1-3H3. The number of carbonyl (C=O) groups excluding carboxylic acids is 2. The predicted octanol–water partition coefficient (Wildman–Crippen LogP) is 4.43. The van der Waals surface area contributed by atoms with Crippen molar-refractivity contribution in [2.24, 2.45) is 5.41 Å². The number of amides is 1. The molecule has 4 rings (SSSR count). The third-order valence-corrected chi connectivity index (χ3v) is 6.33. The maximum atomic E-state index is 13.5. The van der Waals surface area contributed by atoms with E-state index in [2.05, 4.69) is 9.97 Å². The minimum absolute atomic E-state index is 0.0195. The van der Waals surface area contributed by atoms with E-state index in [9.17, 15) is 9.59 Å². The van der Waals surface area contributed by atoms with Gasteiger partial charge in [-0.05, 0) is 12.1 Å². The van der Waals surface area contributed by atoms with Gasteiger partial charge in [-0.2, -0.15) is 0 Å². The summed E-state index contributed by atoms with van der Waals surface area (Å²) < 4.78 is 0. The van der Waals surface area contributed by atoms with Crippen LogP contribution in [0.1, 0.15) is 42.1 Å². The summed E-state index contributed by atoms with van der Waals surface area (Å²) in [5.41, 5.74) is 1.93. The molecule has 0 bridgehead atoms. The van der Waals surface area contributed by atoms with E-state index < -0.39 is 11.5 Å². The Morgan fingerprint density at radius 2 is 1.96 bits per heavy atom. The molecule has 28 heavy (non-hydrogen) atoms. The van der Waals surface area contributed by atoms with Crippen LogP contribution in [0.15, 0.2) is 55.0 Å². The van der Waals surface area contributed by atoms with E-state index in [-0.39, 0.29) is 17.1 Å². The summed E-state index contributed by atoms with van der Waals surface area (Å²) in [6.45, 7) is 5.68. The molecule has 2 aromatic heterocycles. The average Bonchev–Trinajstić information content (AvgIpc) is 3.31. The van der Waals surface area contributed by atoms with E-state index in [1.165, 1.54) is 0 Å². The van der Waals surface area contributed by atoms with Crippen molar-refractivity contribution in [3.05, 3.63) is 66.1 Å². The summed E-state index contributed by atoms with van der Waals surface area (Å²) in [4.78, 5) is 36.0. The number of nitrogens with one attached hydrogen (secondary N) is 1. The summed E-state index contributed by atoms with van der Waals surface area (Å²) >= 11 is 1.62. The van der Waals surface area contributed by atoms with Gasteiger partial charge in [0.1, 0.15) is 11.4 Å². The van der Waals surface area contributed by atoms with E-state index in [1.807, 2.05) is 57.2 Å². The number of aromatic amines is 1. The molecule has 1 aliphatic rings. The zero-order valence-corrected chi connectivity index (χ0v) is 17.0. The lowest BCUT2D eigenvalue weighted by Crippen LogP contribution is -2.47. The molecular weight excluding hydrogens is 370 g/mol. The highest BCUT2D eigenvalue weighted by atomic mass is 32.2. The van der Waals surface area contributed by atoms with E-state index in [4.69, 9.17) is 0 Å². The largest absolute Gasteiger partial charge is 0.360 e. The Balaban J connectivity index is 1.74. The van der Waals surface area contributed by atoms with E-state index in [0.29, 0.717) is 11.3 Å². The Labute approximate surface area is 168 Å². The number of thioether (sulfide) groups is 1. The Kier molecular flexibility index (Phi) is 4.75. The number of fused-ring (bicyclic) bond motifs is 1. The fourth-order valence-electron chi connectivity index (χ4n) is 3.58. The monoisotopic (exact) mass is 393 g/mol. The smallest absolute Gasteiger partial charge is 0.229 e. The number of H-pyrrole nitrogens is 1. The van der Waals surface area contributed by atoms with Crippen molar-refractivity contribution < 1.29 is 9.59 Å². The molecular formula is C22H23N3O2S. The first kappa shape index (κ1) is 18.7. The van der Waals surface area contributed by atoms with Gasteiger partial charge in [0.05, 0.1) is 0 Å². The molecule has 5 nitrogen and oxygen atoms in total. The number of benzene rings is 1. The zero-order valence-electron chi connectivity index (χ0n) is 16.2. The van der Waals surface area contributed by atoms with Crippen LogP contribution in [0.2, 0.25) is 0 Å². The molecule has 2 atom stereocenters. The maximum Gasteiger partial charge on any atom is 0.229 e. The molecule has 1 saturated heterocycles. The average molecular weight is 394 g/mol. The molecule has 1 N–H and O–H groups in total. The van der Waals surface area contributed by atoms with Crippen LogP contribution in [-0.4, -0.2) is 38.4 Å². The second kappa shape index (κ2) is 7.09. The van der Waals surface area contributed by atoms with Crippen LogP contribution < -0.4 is 0 Å². The van der Waals surface area contributed by atoms with Crippen LogP contribution in [0.3, 0.4) is 0 Å². The summed E-state index contributed by atoms with van der Waals surface area (Å²) in [7, 11) is 0. The maximum absolute atomic E-state index is 13.5. The van der Waals surface area contributed by atoms with Crippen LogP contribution in [0, 0.1) is 5.41 Å². The minimum Gasteiger partial charge on any atom is -0.360 e. The number of rotatable bonds is 3. The van der Waals surface area contributed by atoms with Gasteiger partial charge in [0.2, 0.25) is 5.91 Å². The third kappa shape index (κ3) is 3.22. The SMILES string of the molecule is CC(C)(C)C(=O)N1C(C(=O)c2c[nH]c3ccccc23)CSC1c1cccnc1. The summed E-state index contributed by atoms with van der Waals surface area (Å²) in [6.07, 6.45) is 5.25. The van der Waals surface area contributed by atoms with Gasteiger partial charge in [0.15, 0.2) is 5.78 Å². The number of hydrogen-bond donors (Lipinski definition) is 1.